The molecule has 0 spiro atoms. The molecule has 0 saturated heterocycles. The second-order valence-electron chi connectivity index (χ2n) is 4.21. The lowest BCUT2D eigenvalue weighted by atomic mass is 9.99. The lowest BCUT2D eigenvalue weighted by Crippen LogP contribution is -2.08. The minimum absolute atomic E-state index is 0.269. The van der Waals surface area contributed by atoms with E-state index < -0.39 is 34.9 Å². The number of hydrogen-bond donors (Lipinski definition) is 1. The standard InChI is InChI=1S/C14H10F4O/c1-7-2-3-9(10(16)4-7)14(19)13-11(17)5-8(15)6-12(13)18/h2-6,14,19H,1H3. The molecule has 0 aromatic heterocycles. The van der Waals surface area contributed by atoms with E-state index in [0.29, 0.717) is 17.7 Å². The van der Waals surface area contributed by atoms with Crippen LogP contribution in [0.25, 0.3) is 0 Å². The van der Waals surface area contributed by atoms with Gasteiger partial charge >= 0.3 is 0 Å². The molecule has 5 heteroatoms. The molecule has 1 unspecified atom stereocenters. The Labute approximate surface area is 107 Å². The quantitative estimate of drug-likeness (QED) is 0.826. The zero-order chi connectivity index (χ0) is 14.2. The lowest BCUT2D eigenvalue weighted by molar-refractivity contribution is 0.203. The van der Waals surface area contributed by atoms with Gasteiger partial charge in [-0.15, -0.1) is 0 Å². The normalized spacial score (nSPS) is 12.5. The monoisotopic (exact) mass is 270 g/mol. The average Bonchev–Trinajstić information content (AvgIpc) is 2.26. The molecule has 2 aromatic carbocycles. The first-order valence-corrected chi connectivity index (χ1v) is 5.48. The fourth-order valence-corrected chi connectivity index (χ4v) is 1.82. The summed E-state index contributed by atoms with van der Waals surface area (Å²) in [6.07, 6.45) is -1.83. The summed E-state index contributed by atoms with van der Waals surface area (Å²) < 4.78 is 53.4. The largest absolute Gasteiger partial charge is 0.383 e. The van der Waals surface area contributed by atoms with Crippen molar-refractivity contribution in [2.75, 3.05) is 0 Å². The summed E-state index contributed by atoms with van der Waals surface area (Å²) in [7, 11) is 0. The molecule has 2 aromatic rings. The summed E-state index contributed by atoms with van der Waals surface area (Å²) in [6, 6.07) is 4.75. The van der Waals surface area contributed by atoms with Gasteiger partial charge in [-0.05, 0) is 18.6 Å². The lowest BCUT2D eigenvalue weighted by Gasteiger charge is -2.14. The van der Waals surface area contributed by atoms with Crippen LogP contribution < -0.4 is 0 Å². The van der Waals surface area contributed by atoms with E-state index in [1.54, 1.807) is 6.92 Å². The Kier molecular flexibility index (Phi) is 3.57. The molecule has 0 aliphatic heterocycles. The van der Waals surface area contributed by atoms with Crippen molar-refractivity contribution in [2.24, 2.45) is 0 Å². The molecule has 0 amide bonds. The third-order valence-electron chi connectivity index (χ3n) is 2.77. The molecule has 0 bridgehead atoms. The maximum Gasteiger partial charge on any atom is 0.135 e. The van der Waals surface area contributed by atoms with Crippen LogP contribution in [0.1, 0.15) is 22.8 Å². The average molecular weight is 270 g/mol. The van der Waals surface area contributed by atoms with Crippen molar-refractivity contribution in [3.05, 3.63) is 70.3 Å². The minimum Gasteiger partial charge on any atom is -0.383 e. The smallest absolute Gasteiger partial charge is 0.135 e. The van der Waals surface area contributed by atoms with Crippen molar-refractivity contribution < 1.29 is 22.7 Å². The molecule has 19 heavy (non-hydrogen) atoms. The third kappa shape index (κ3) is 2.61. The molecule has 0 fully saturated rings. The Hall–Kier alpha value is -1.88. The highest BCUT2D eigenvalue weighted by atomic mass is 19.1. The summed E-state index contributed by atoms with van der Waals surface area (Å²) in [5.41, 5.74) is -0.437. The maximum absolute atomic E-state index is 13.7. The van der Waals surface area contributed by atoms with E-state index in [4.69, 9.17) is 0 Å². The van der Waals surface area contributed by atoms with Crippen molar-refractivity contribution in [2.45, 2.75) is 13.0 Å². The molecular weight excluding hydrogens is 260 g/mol. The van der Waals surface area contributed by atoms with Crippen LogP contribution in [0, 0.1) is 30.2 Å². The highest BCUT2D eigenvalue weighted by Crippen LogP contribution is 2.29. The number of aliphatic hydroxyl groups is 1. The van der Waals surface area contributed by atoms with Crippen molar-refractivity contribution in [1.82, 2.24) is 0 Å². The molecule has 0 heterocycles. The Morgan fingerprint density at radius 1 is 0.895 bits per heavy atom. The summed E-state index contributed by atoms with van der Waals surface area (Å²) in [6.45, 7) is 1.64. The fourth-order valence-electron chi connectivity index (χ4n) is 1.82. The maximum atomic E-state index is 13.7. The summed E-state index contributed by atoms with van der Waals surface area (Å²) in [5.74, 6) is -4.40. The van der Waals surface area contributed by atoms with Gasteiger partial charge in [-0.1, -0.05) is 12.1 Å². The van der Waals surface area contributed by atoms with Gasteiger partial charge in [-0.3, -0.25) is 0 Å². The predicted octanol–water partition coefficient (Wildman–Crippen LogP) is 3.63. The number of rotatable bonds is 2. The van der Waals surface area contributed by atoms with Gasteiger partial charge in [0.25, 0.3) is 0 Å². The van der Waals surface area contributed by atoms with Gasteiger partial charge in [-0.25, -0.2) is 17.6 Å². The molecule has 2 rings (SSSR count). The van der Waals surface area contributed by atoms with Crippen molar-refractivity contribution in [3.63, 3.8) is 0 Å². The van der Waals surface area contributed by atoms with Crippen molar-refractivity contribution >= 4 is 0 Å². The first kappa shape index (κ1) is 13.5. The van der Waals surface area contributed by atoms with Crippen LogP contribution in [-0.4, -0.2) is 5.11 Å². The van der Waals surface area contributed by atoms with Crippen LogP contribution in [0.3, 0.4) is 0 Å². The molecule has 1 atom stereocenters. The topological polar surface area (TPSA) is 20.2 Å². The van der Waals surface area contributed by atoms with Gasteiger partial charge in [0.05, 0.1) is 5.56 Å². The van der Waals surface area contributed by atoms with Crippen LogP contribution in [0.15, 0.2) is 30.3 Å². The highest BCUT2D eigenvalue weighted by molar-refractivity contribution is 5.34. The van der Waals surface area contributed by atoms with Gasteiger partial charge in [0.15, 0.2) is 0 Å². The molecule has 1 N–H and O–H groups in total. The summed E-state index contributed by atoms with van der Waals surface area (Å²) in [5, 5.41) is 9.87. The van der Waals surface area contributed by atoms with E-state index in [1.807, 2.05) is 0 Å². The van der Waals surface area contributed by atoms with Gasteiger partial charge in [0.1, 0.15) is 29.4 Å². The van der Waals surface area contributed by atoms with Crippen LogP contribution in [0.5, 0.6) is 0 Å². The molecule has 0 saturated carbocycles. The molecule has 0 aliphatic rings. The first-order chi connectivity index (χ1) is 8.90. The molecule has 1 nitrogen and oxygen atoms in total. The summed E-state index contributed by atoms with van der Waals surface area (Å²) in [4.78, 5) is 0. The Morgan fingerprint density at radius 3 is 2.00 bits per heavy atom. The van der Waals surface area contributed by atoms with Gasteiger partial charge in [-0.2, -0.15) is 0 Å². The predicted molar refractivity (Wildman–Crippen MR) is 61.5 cm³/mol. The second-order valence-corrected chi connectivity index (χ2v) is 4.21. The molecule has 100 valence electrons. The van der Waals surface area contributed by atoms with E-state index in [0.717, 1.165) is 6.07 Å². The fraction of sp³-hybridized carbons (Fsp3) is 0.143. The van der Waals surface area contributed by atoms with Crippen LogP contribution in [0.4, 0.5) is 17.6 Å². The van der Waals surface area contributed by atoms with Crippen molar-refractivity contribution in [1.29, 1.82) is 0 Å². The van der Waals surface area contributed by atoms with Gasteiger partial charge < -0.3 is 5.11 Å². The van der Waals surface area contributed by atoms with Crippen molar-refractivity contribution in [3.8, 4) is 0 Å². The van der Waals surface area contributed by atoms with Gasteiger partial charge in [0, 0.05) is 17.7 Å². The van der Waals surface area contributed by atoms with E-state index in [2.05, 4.69) is 0 Å². The van der Waals surface area contributed by atoms with Gasteiger partial charge in [0.2, 0.25) is 0 Å². The number of benzene rings is 2. The number of aryl methyl sites for hydroxylation is 1. The van der Waals surface area contributed by atoms with E-state index in [-0.39, 0.29) is 5.56 Å². The highest BCUT2D eigenvalue weighted by Gasteiger charge is 2.23. The molecule has 0 aliphatic carbocycles. The number of aliphatic hydroxyl groups excluding tert-OH is 1. The van der Waals surface area contributed by atoms with E-state index >= 15 is 0 Å². The SMILES string of the molecule is Cc1ccc(C(O)c2c(F)cc(F)cc2F)c(F)c1. The zero-order valence-electron chi connectivity index (χ0n) is 9.92. The second kappa shape index (κ2) is 5.01. The van der Waals surface area contributed by atoms with Crippen LogP contribution in [0.2, 0.25) is 0 Å². The number of hydrogen-bond acceptors (Lipinski definition) is 1. The third-order valence-corrected chi connectivity index (χ3v) is 2.77. The van der Waals surface area contributed by atoms with E-state index in [9.17, 15) is 22.7 Å². The first-order valence-electron chi connectivity index (χ1n) is 5.48. The molecular formula is C14H10F4O. The molecule has 0 radical (unpaired) electrons. The minimum atomic E-state index is -1.83. The Morgan fingerprint density at radius 2 is 1.47 bits per heavy atom. The zero-order valence-corrected chi connectivity index (χ0v) is 9.92. The van der Waals surface area contributed by atoms with E-state index in [1.165, 1.54) is 12.1 Å². The van der Waals surface area contributed by atoms with Crippen LogP contribution >= 0.6 is 0 Å². The Bertz CT molecular complexity index is 602. The van der Waals surface area contributed by atoms with Crippen LogP contribution in [-0.2, 0) is 0 Å². The summed E-state index contributed by atoms with van der Waals surface area (Å²) >= 11 is 0. The number of halogens is 4. The Balaban J connectivity index is 2.53.